The molecular formula is C29H31BrN4. The fourth-order valence-corrected chi connectivity index (χ4v) is 4.25. The zero-order chi connectivity index (χ0) is 24.5. The fraction of sp³-hybridized carbons (Fsp3) is 0.241. The lowest BCUT2D eigenvalue weighted by Crippen LogP contribution is -2.21. The van der Waals surface area contributed by atoms with Crippen molar-refractivity contribution in [3.63, 3.8) is 0 Å². The molecule has 174 valence electrons. The van der Waals surface area contributed by atoms with Crippen molar-refractivity contribution in [2.24, 2.45) is 22.9 Å². The molecule has 0 bridgehead atoms. The Morgan fingerprint density at radius 2 is 1.09 bits per heavy atom. The van der Waals surface area contributed by atoms with Crippen LogP contribution in [0.1, 0.15) is 50.8 Å². The normalized spacial score (nSPS) is 10.6. The van der Waals surface area contributed by atoms with Gasteiger partial charge in [-0.15, -0.1) is 0 Å². The Hall–Kier alpha value is -2.90. The second-order valence-electron chi connectivity index (χ2n) is 8.32. The van der Waals surface area contributed by atoms with Gasteiger partial charge in [0, 0.05) is 64.7 Å². The van der Waals surface area contributed by atoms with E-state index in [1.165, 1.54) is 0 Å². The summed E-state index contributed by atoms with van der Waals surface area (Å²) in [5.74, 6) is 13.3. The van der Waals surface area contributed by atoms with Crippen molar-refractivity contribution >= 4 is 15.9 Å². The lowest BCUT2D eigenvalue weighted by molar-refractivity contribution is 0.707. The van der Waals surface area contributed by atoms with E-state index in [2.05, 4.69) is 70.8 Å². The zero-order valence-corrected chi connectivity index (χ0v) is 21.0. The quantitative estimate of drug-likeness (QED) is 0.377. The summed E-state index contributed by atoms with van der Waals surface area (Å²) in [7, 11) is 0. The molecule has 0 radical (unpaired) electrons. The number of hydrogen-bond acceptors (Lipinski definition) is 4. The first-order valence-electron chi connectivity index (χ1n) is 11.3. The average molecular weight is 515 g/mol. The van der Waals surface area contributed by atoms with Gasteiger partial charge >= 0.3 is 0 Å². The Balaban J connectivity index is 1.85. The third-order valence-electron chi connectivity index (χ3n) is 5.67. The maximum absolute atomic E-state index is 5.87. The zero-order valence-electron chi connectivity index (χ0n) is 19.4. The summed E-state index contributed by atoms with van der Waals surface area (Å²) < 4.78 is 0.963. The second kappa shape index (κ2) is 12.5. The van der Waals surface area contributed by atoms with Crippen molar-refractivity contribution < 1.29 is 0 Å². The molecule has 0 atom stereocenters. The van der Waals surface area contributed by atoms with Gasteiger partial charge in [0.1, 0.15) is 0 Å². The van der Waals surface area contributed by atoms with Gasteiger partial charge in [0.05, 0.1) is 0 Å². The largest absolute Gasteiger partial charge is 0.330 e. The third-order valence-corrected chi connectivity index (χ3v) is 6.12. The van der Waals surface area contributed by atoms with E-state index in [-0.39, 0.29) is 11.8 Å². The average Bonchev–Trinajstić information content (AvgIpc) is 2.83. The van der Waals surface area contributed by atoms with Crippen LogP contribution in [0, 0.1) is 30.6 Å². The monoisotopic (exact) mass is 514 g/mol. The third kappa shape index (κ3) is 7.05. The minimum absolute atomic E-state index is 0.115. The van der Waals surface area contributed by atoms with E-state index in [1.807, 2.05) is 36.4 Å². The number of hydrogen-bond donors (Lipinski definition) is 4. The van der Waals surface area contributed by atoms with Crippen LogP contribution in [0.25, 0.3) is 0 Å². The SMILES string of the molecule is Cc1cc(C#Cc2cccc(C#Cc3cc(Br)cc(C(CN)CN)c3)c2)cc(C(CN)CN)c1. The van der Waals surface area contributed by atoms with E-state index in [0.717, 1.165) is 43.4 Å². The highest BCUT2D eigenvalue weighted by atomic mass is 79.9. The van der Waals surface area contributed by atoms with Crippen LogP contribution in [0.15, 0.2) is 65.1 Å². The molecule has 3 rings (SSSR count). The maximum atomic E-state index is 5.87. The Morgan fingerprint density at radius 1 is 0.618 bits per heavy atom. The molecule has 0 aliphatic heterocycles. The van der Waals surface area contributed by atoms with Crippen molar-refractivity contribution in [2.75, 3.05) is 26.2 Å². The first kappa shape index (κ1) is 25.7. The maximum Gasteiger partial charge on any atom is 0.0263 e. The summed E-state index contributed by atoms with van der Waals surface area (Å²) in [6, 6.07) is 20.3. The molecule has 3 aromatic carbocycles. The topological polar surface area (TPSA) is 104 Å². The van der Waals surface area contributed by atoms with Gasteiger partial charge in [0.15, 0.2) is 0 Å². The van der Waals surface area contributed by atoms with Gasteiger partial charge in [-0.3, -0.25) is 0 Å². The van der Waals surface area contributed by atoms with Crippen molar-refractivity contribution in [3.05, 3.63) is 104 Å². The van der Waals surface area contributed by atoms with Crippen LogP contribution in [0.4, 0.5) is 0 Å². The van der Waals surface area contributed by atoms with Gasteiger partial charge in [-0.05, 0) is 72.1 Å². The van der Waals surface area contributed by atoms with Gasteiger partial charge in [-0.25, -0.2) is 0 Å². The second-order valence-corrected chi connectivity index (χ2v) is 9.24. The number of halogens is 1. The summed E-state index contributed by atoms with van der Waals surface area (Å²) >= 11 is 3.57. The molecule has 0 saturated heterocycles. The number of benzene rings is 3. The number of aryl methyl sites for hydroxylation is 1. The Morgan fingerprint density at radius 3 is 1.62 bits per heavy atom. The Kier molecular flexibility index (Phi) is 9.48. The van der Waals surface area contributed by atoms with Crippen molar-refractivity contribution in [3.8, 4) is 23.7 Å². The molecule has 0 aliphatic carbocycles. The Bertz CT molecular complexity index is 1160. The fourth-order valence-electron chi connectivity index (χ4n) is 3.74. The van der Waals surface area contributed by atoms with E-state index in [0.29, 0.717) is 26.2 Å². The van der Waals surface area contributed by atoms with Crippen LogP contribution >= 0.6 is 15.9 Å². The molecule has 4 nitrogen and oxygen atoms in total. The molecule has 8 N–H and O–H groups in total. The minimum atomic E-state index is 0.115. The van der Waals surface area contributed by atoms with Crippen LogP contribution in [0.5, 0.6) is 0 Å². The summed E-state index contributed by atoms with van der Waals surface area (Å²) in [5.41, 5.74) is 30.5. The molecule has 0 amide bonds. The number of rotatable bonds is 6. The summed E-state index contributed by atoms with van der Waals surface area (Å²) in [6.45, 7) is 4.11. The molecule has 0 aromatic heterocycles. The van der Waals surface area contributed by atoms with Gasteiger partial charge in [-0.1, -0.05) is 51.7 Å². The van der Waals surface area contributed by atoms with Gasteiger partial charge in [0.2, 0.25) is 0 Å². The van der Waals surface area contributed by atoms with Crippen molar-refractivity contribution in [2.45, 2.75) is 18.8 Å². The van der Waals surface area contributed by atoms with E-state index < -0.39 is 0 Å². The van der Waals surface area contributed by atoms with Gasteiger partial charge < -0.3 is 22.9 Å². The predicted octanol–water partition coefficient (Wildman–Crippen LogP) is 3.56. The molecular weight excluding hydrogens is 484 g/mol. The van der Waals surface area contributed by atoms with Crippen LogP contribution in [-0.4, -0.2) is 26.2 Å². The first-order valence-corrected chi connectivity index (χ1v) is 12.1. The highest BCUT2D eigenvalue weighted by Gasteiger charge is 2.10. The first-order chi connectivity index (χ1) is 16.4. The van der Waals surface area contributed by atoms with Crippen molar-refractivity contribution in [1.82, 2.24) is 0 Å². The lowest BCUT2D eigenvalue weighted by atomic mass is 9.95. The molecule has 0 spiro atoms. The summed E-state index contributed by atoms with van der Waals surface area (Å²) in [4.78, 5) is 0. The molecule has 5 heteroatoms. The summed E-state index contributed by atoms with van der Waals surface area (Å²) in [5, 5.41) is 0. The Labute approximate surface area is 211 Å². The van der Waals surface area contributed by atoms with Gasteiger partial charge in [0.25, 0.3) is 0 Å². The predicted molar refractivity (Wildman–Crippen MR) is 145 cm³/mol. The standard InChI is InChI=1S/C29H31BrN4/c1-20-9-23(12-25(10-20)27(16-31)17-32)7-5-21-3-2-4-22(11-21)6-8-24-13-26(15-29(30)14-24)28(18-33)19-34/h2-4,9-15,27-28H,16-19,31-34H2,1H3. The molecule has 0 heterocycles. The van der Waals surface area contributed by atoms with E-state index in [1.54, 1.807) is 0 Å². The highest BCUT2D eigenvalue weighted by Crippen LogP contribution is 2.21. The lowest BCUT2D eigenvalue weighted by Gasteiger charge is -2.13. The van der Waals surface area contributed by atoms with Crippen LogP contribution in [0.2, 0.25) is 0 Å². The molecule has 34 heavy (non-hydrogen) atoms. The minimum Gasteiger partial charge on any atom is -0.330 e. The van der Waals surface area contributed by atoms with Crippen LogP contribution in [0.3, 0.4) is 0 Å². The molecule has 3 aromatic rings. The summed E-state index contributed by atoms with van der Waals surface area (Å²) in [6.07, 6.45) is 0. The van der Waals surface area contributed by atoms with E-state index in [4.69, 9.17) is 22.9 Å². The molecule has 0 unspecified atom stereocenters. The van der Waals surface area contributed by atoms with E-state index >= 15 is 0 Å². The molecule has 0 fully saturated rings. The molecule has 0 aliphatic rings. The van der Waals surface area contributed by atoms with Gasteiger partial charge in [-0.2, -0.15) is 0 Å². The smallest absolute Gasteiger partial charge is 0.0263 e. The van der Waals surface area contributed by atoms with Crippen LogP contribution < -0.4 is 22.9 Å². The highest BCUT2D eigenvalue weighted by molar-refractivity contribution is 9.10. The number of nitrogens with two attached hydrogens (primary N) is 4. The van der Waals surface area contributed by atoms with Crippen LogP contribution in [-0.2, 0) is 0 Å². The molecule has 0 saturated carbocycles. The van der Waals surface area contributed by atoms with E-state index in [9.17, 15) is 0 Å². The van der Waals surface area contributed by atoms with Crippen molar-refractivity contribution in [1.29, 1.82) is 0 Å².